The highest BCUT2D eigenvalue weighted by molar-refractivity contribution is 6.05. The third kappa shape index (κ3) is 4.17. The van der Waals surface area contributed by atoms with Gasteiger partial charge in [0.05, 0.1) is 5.69 Å². The number of halogens is 1. The number of amides is 2. The highest BCUT2D eigenvalue weighted by Gasteiger charge is 2.31. The number of rotatable bonds is 5. The molecule has 30 heavy (non-hydrogen) atoms. The van der Waals surface area contributed by atoms with Crippen molar-refractivity contribution in [3.05, 3.63) is 89.7 Å². The topological polar surface area (TPSA) is 58.6 Å². The van der Waals surface area contributed by atoms with Gasteiger partial charge >= 0.3 is 0 Å². The van der Waals surface area contributed by atoms with E-state index in [9.17, 15) is 14.0 Å². The van der Waals surface area contributed by atoms with Crippen LogP contribution in [-0.4, -0.2) is 24.5 Å². The van der Waals surface area contributed by atoms with Crippen molar-refractivity contribution in [2.24, 2.45) is 0 Å². The molecule has 0 fully saturated rings. The number of hydrogen-bond donors (Lipinski definition) is 1. The predicted octanol–water partition coefficient (Wildman–Crippen LogP) is 4.43. The quantitative estimate of drug-likeness (QED) is 0.684. The van der Waals surface area contributed by atoms with Crippen LogP contribution in [0.1, 0.15) is 22.8 Å². The second-order valence-electron chi connectivity index (χ2n) is 7.13. The van der Waals surface area contributed by atoms with Gasteiger partial charge in [0.25, 0.3) is 11.8 Å². The normalized spacial score (nSPS) is 15.3. The molecule has 2 amide bonds. The van der Waals surface area contributed by atoms with Crippen LogP contribution in [0.2, 0.25) is 0 Å². The van der Waals surface area contributed by atoms with Gasteiger partial charge in [-0.1, -0.05) is 36.4 Å². The van der Waals surface area contributed by atoms with Gasteiger partial charge in [0.2, 0.25) is 0 Å². The van der Waals surface area contributed by atoms with E-state index < -0.39 is 17.8 Å². The van der Waals surface area contributed by atoms with Crippen molar-refractivity contribution in [2.45, 2.75) is 19.4 Å². The summed E-state index contributed by atoms with van der Waals surface area (Å²) in [6.45, 7) is 2.21. The molecule has 0 spiro atoms. The summed E-state index contributed by atoms with van der Waals surface area (Å²) in [4.78, 5) is 26.9. The first-order valence-corrected chi connectivity index (χ1v) is 9.74. The molecule has 1 unspecified atom stereocenters. The van der Waals surface area contributed by atoms with Crippen molar-refractivity contribution in [3.8, 4) is 5.75 Å². The molecule has 0 saturated carbocycles. The van der Waals surface area contributed by atoms with Crippen LogP contribution in [0.25, 0.3) is 0 Å². The van der Waals surface area contributed by atoms with Crippen molar-refractivity contribution in [2.75, 3.05) is 16.8 Å². The molecule has 0 radical (unpaired) electrons. The van der Waals surface area contributed by atoms with Gasteiger partial charge in [-0.15, -0.1) is 0 Å². The van der Waals surface area contributed by atoms with Gasteiger partial charge in [-0.05, 0) is 55.3 Å². The highest BCUT2D eigenvalue weighted by atomic mass is 19.1. The molecule has 3 aromatic carbocycles. The Labute approximate surface area is 174 Å². The van der Waals surface area contributed by atoms with Crippen LogP contribution in [0.3, 0.4) is 0 Å². The minimum Gasteiger partial charge on any atom is -0.479 e. The second-order valence-corrected chi connectivity index (χ2v) is 7.13. The van der Waals surface area contributed by atoms with Crippen LogP contribution in [0, 0.1) is 5.82 Å². The zero-order valence-electron chi connectivity index (χ0n) is 16.5. The van der Waals surface area contributed by atoms with Crippen LogP contribution in [0.15, 0.2) is 72.8 Å². The SMILES string of the molecule is CC1Oc2ccc(NC(=O)c3cccc(F)c3)cc2N(CCc2ccccc2)C1=O. The lowest BCUT2D eigenvalue weighted by Crippen LogP contribution is -2.45. The van der Waals surface area contributed by atoms with Crippen molar-refractivity contribution >= 4 is 23.2 Å². The lowest BCUT2D eigenvalue weighted by atomic mass is 10.1. The van der Waals surface area contributed by atoms with Crippen LogP contribution >= 0.6 is 0 Å². The van der Waals surface area contributed by atoms with E-state index in [1.807, 2.05) is 30.3 Å². The average molecular weight is 404 g/mol. The zero-order valence-corrected chi connectivity index (χ0v) is 16.5. The molecule has 3 aromatic rings. The van der Waals surface area contributed by atoms with E-state index >= 15 is 0 Å². The first-order chi connectivity index (χ1) is 14.5. The molecular formula is C24H21FN2O3. The van der Waals surface area contributed by atoms with E-state index in [1.165, 1.54) is 24.3 Å². The van der Waals surface area contributed by atoms with Gasteiger partial charge in [0.1, 0.15) is 11.6 Å². The summed E-state index contributed by atoms with van der Waals surface area (Å²) >= 11 is 0. The summed E-state index contributed by atoms with van der Waals surface area (Å²) in [5, 5.41) is 2.76. The summed E-state index contributed by atoms with van der Waals surface area (Å²) in [6.07, 6.45) is 0.111. The predicted molar refractivity (Wildman–Crippen MR) is 113 cm³/mol. The maximum absolute atomic E-state index is 13.4. The molecule has 4 rings (SSSR count). The standard InChI is InChI=1S/C24H21FN2O3/c1-16-24(29)27(13-12-17-6-3-2-4-7-17)21-15-20(10-11-22(21)30-16)26-23(28)18-8-5-9-19(25)14-18/h2-11,14-16H,12-13H2,1H3,(H,26,28). The fourth-order valence-corrected chi connectivity index (χ4v) is 3.43. The van der Waals surface area contributed by atoms with E-state index in [1.54, 1.807) is 30.0 Å². The first-order valence-electron chi connectivity index (χ1n) is 9.74. The van der Waals surface area contributed by atoms with Gasteiger partial charge in [-0.25, -0.2) is 4.39 Å². The van der Waals surface area contributed by atoms with Crippen molar-refractivity contribution < 1.29 is 18.7 Å². The van der Waals surface area contributed by atoms with Gasteiger partial charge in [0, 0.05) is 17.8 Å². The second kappa shape index (κ2) is 8.37. The molecule has 1 aliphatic rings. The number of ether oxygens (including phenoxy) is 1. The number of fused-ring (bicyclic) bond motifs is 1. The molecule has 6 heteroatoms. The van der Waals surface area contributed by atoms with Gasteiger partial charge in [-0.2, -0.15) is 0 Å². The molecule has 1 aliphatic heterocycles. The van der Waals surface area contributed by atoms with E-state index in [0.717, 1.165) is 5.56 Å². The maximum atomic E-state index is 13.4. The van der Waals surface area contributed by atoms with Crippen LogP contribution in [-0.2, 0) is 11.2 Å². The van der Waals surface area contributed by atoms with E-state index in [2.05, 4.69) is 5.32 Å². The Morgan fingerprint density at radius 3 is 2.63 bits per heavy atom. The molecule has 0 aromatic heterocycles. The minimum absolute atomic E-state index is 0.132. The fourth-order valence-electron chi connectivity index (χ4n) is 3.43. The number of hydrogen-bond acceptors (Lipinski definition) is 3. The molecule has 1 N–H and O–H groups in total. The van der Waals surface area contributed by atoms with Crippen LogP contribution < -0.4 is 15.0 Å². The molecular weight excluding hydrogens is 383 g/mol. The smallest absolute Gasteiger partial charge is 0.267 e. The number of benzene rings is 3. The Morgan fingerprint density at radius 2 is 1.87 bits per heavy atom. The van der Waals surface area contributed by atoms with Gasteiger partial charge < -0.3 is 15.0 Å². The summed E-state index contributed by atoms with van der Waals surface area (Å²) in [5.41, 5.74) is 2.45. The minimum atomic E-state index is -0.582. The van der Waals surface area contributed by atoms with E-state index in [-0.39, 0.29) is 11.5 Å². The summed E-state index contributed by atoms with van der Waals surface area (Å²) in [6, 6.07) is 20.5. The number of anilines is 2. The third-order valence-corrected chi connectivity index (χ3v) is 4.98. The zero-order chi connectivity index (χ0) is 21.1. The summed E-state index contributed by atoms with van der Waals surface area (Å²) in [5.74, 6) is -0.458. The molecule has 1 atom stereocenters. The lowest BCUT2D eigenvalue weighted by molar-refractivity contribution is -0.125. The van der Waals surface area contributed by atoms with Crippen molar-refractivity contribution in [1.82, 2.24) is 0 Å². The Bertz CT molecular complexity index is 1080. The number of carbonyl (C=O) groups excluding carboxylic acids is 2. The number of nitrogens with zero attached hydrogens (tertiary/aromatic N) is 1. The molecule has 0 aliphatic carbocycles. The number of carbonyl (C=O) groups is 2. The summed E-state index contributed by atoms with van der Waals surface area (Å²) in [7, 11) is 0. The van der Waals surface area contributed by atoms with E-state index in [4.69, 9.17) is 4.74 Å². The fraction of sp³-hybridized carbons (Fsp3) is 0.167. The van der Waals surface area contributed by atoms with E-state index in [0.29, 0.717) is 30.1 Å². The molecule has 152 valence electrons. The van der Waals surface area contributed by atoms with Crippen LogP contribution in [0.5, 0.6) is 5.75 Å². The Kier molecular flexibility index (Phi) is 5.48. The Balaban J connectivity index is 1.57. The van der Waals surface area contributed by atoms with Crippen molar-refractivity contribution in [1.29, 1.82) is 0 Å². The molecule has 0 saturated heterocycles. The average Bonchev–Trinajstić information content (AvgIpc) is 2.75. The molecule has 0 bridgehead atoms. The lowest BCUT2D eigenvalue weighted by Gasteiger charge is -2.33. The Hall–Kier alpha value is -3.67. The largest absolute Gasteiger partial charge is 0.479 e. The number of nitrogens with one attached hydrogen (secondary N) is 1. The summed E-state index contributed by atoms with van der Waals surface area (Å²) < 4.78 is 19.1. The molecule has 5 nitrogen and oxygen atoms in total. The van der Waals surface area contributed by atoms with Gasteiger partial charge in [-0.3, -0.25) is 9.59 Å². The van der Waals surface area contributed by atoms with Crippen molar-refractivity contribution in [3.63, 3.8) is 0 Å². The van der Waals surface area contributed by atoms with Crippen LogP contribution in [0.4, 0.5) is 15.8 Å². The van der Waals surface area contributed by atoms with Gasteiger partial charge in [0.15, 0.2) is 6.10 Å². The third-order valence-electron chi connectivity index (χ3n) is 4.98. The molecule has 1 heterocycles. The highest BCUT2D eigenvalue weighted by Crippen LogP contribution is 2.36. The first kappa shape index (κ1) is 19.6. The Morgan fingerprint density at radius 1 is 1.07 bits per heavy atom. The monoisotopic (exact) mass is 404 g/mol. The maximum Gasteiger partial charge on any atom is 0.267 e.